The number of anilines is 1. The number of hydrogen-bond acceptors (Lipinski definition) is 5. The number of methoxy groups -OCH3 is 1. The standard InChI is InChI=1S/C14H15N3O3/c1-3-20-12-6-4-10(5-7-12)13(18)17-11-8-15-14(19-2)16-9-11/h4-9H,3H2,1-2H3,(H,17,18). The van der Waals surface area contributed by atoms with Gasteiger partial charge >= 0.3 is 6.01 Å². The predicted octanol–water partition coefficient (Wildman–Crippen LogP) is 2.14. The van der Waals surface area contributed by atoms with Crippen molar-refractivity contribution in [3.63, 3.8) is 0 Å². The average molecular weight is 273 g/mol. The molecule has 2 aromatic rings. The van der Waals surface area contributed by atoms with Gasteiger partial charge in [-0.2, -0.15) is 0 Å². The van der Waals surface area contributed by atoms with Crippen LogP contribution >= 0.6 is 0 Å². The molecule has 0 aliphatic rings. The van der Waals surface area contributed by atoms with Crippen LogP contribution in [0.4, 0.5) is 5.69 Å². The maximum Gasteiger partial charge on any atom is 0.316 e. The Morgan fingerprint density at radius 3 is 2.40 bits per heavy atom. The zero-order valence-corrected chi connectivity index (χ0v) is 11.3. The summed E-state index contributed by atoms with van der Waals surface area (Å²) in [6.07, 6.45) is 2.97. The molecule has 0 fully saturated rings. The summed E-state index contributed by atoms with van der Waals surface area (Å²) in [4.78, 5) is 19.8. The second kappa shape index (κ2) is 6.51. The van der Waals surface area contributed by atoms with Gasteiger partial charge in [-0.3, -0.25) is 4.79 Å². The normalized spacial score (nSPS) is 9.90. The Morgan fingerprint density at radius 1 is 1.20 bits per heavy atom. The number of nitrogens with one attached hydrogen (secondary N) is 1. The lowest BCUT2D eigenvalue weighted by Crippen LogP contribution is -2.12. The van der Waals surface area contributed by atoms with E-state index in [0.717, 1.165) is 5.75 Å². The Morgan fingerprint density at radius 2 is 1.85 bits per heavy atom. The highest BCUT2D eigenvalue weighted by molar-refractivity contribution is 6.04. The van der Waals surface area contributed by atoms with E-state index < -0.39 is 0 Å². The fraction of sp³-hybridized carbons (Fsp3) is 0.214. The second-order valence-electron chi connectivity index (χ2n) is 3.87. The molecule has 0 radical (unpaired) electrons. The maximum absolute atomic E-state index is 12.0. The van der Waals surface area contributed by atoms with Gasteiger partial charge in [-0.1, -0.05) is 0 Å². The van der Waals surface area contributed by atoms with Crippen LogP contribution in [0.3, 0.4) is 0 Å². The molecule has 1 aromatic carbocycles. The summed E-state index contributed by atoms with van der Waals surface area (Å²) in [5.74, 6) is 0.499. The Hall–Kier alpha value is -2.63. The van der Waals surface area contributed by atoms with Crippen molar-refractivity contribution in [2.45, 2.75) is 6.92 Å². The zero-order chi connectivity index (χ0) is 14.4. The van der Waals surface area contributed by atoms with E-state index >= 15 is 0 Å². The molecule has 104 valence electrons. The molecule has 1 aromatic heterocycles. The molecule has 0 unspecified atom stereocenters. The molecule has 1 amide bonds. The molecule has 0 bridgehead atoms. The molecule has 0 saturated carbocycles. The number of rotatable bonds is 5. The lowest BCUT2D eigenvalue weighted by atomic mass is 10.2. The van der Waals surface area contributed by atoms with E-state index in [1.54, 1.807) is 24.3 Å². The summed E-state index contributed by atoms with van der Waals surface area (Å²) in [7, 11) is 1.48. The van der Waals surface area contributed by atoms with Crippen LogP contribution in [-0.4, -0.2) is 29.6 Å². The second-order valence-corrected chi connectivity index (χ2v) is 3.87. The zero-order valence-electron chi connectivity index (χ0n) is 11.3. The quantitative estimate of drug-likeness (QED) is 0.903. The van der Waals surface area contributed by atoms with Gasteiger partial charge in [0.15, 0.2) is 0 Å². The van der Waals surface area contributed by atoms with Crippen LogP contribution in [0.25, 0.3) is 0 Å². The third kappa shape index (κ3) is 3.44. The monoisotopic (exact) mass is 273 g/mol. The van der Waals surface area contributed by atoms with Crippen LogP contribution in [0.2, 0.25) is 0 Å². The molecule has 0 spiro atoms. The van der Waals surface area contributed by atoms with Crippen molar-refractivity contribution in [2.24, 2.45) is 0 Å². The maximum atomic E-state index is 12.0. The van der Waals surface area contributed by atoms with Gasteiger partial charge in [0, 0.05) is 5.56 Å². The van der Waals surface area contributed by atoms with Gasteiger partial charge in [0.2, 0.25) is 0 Å². The lowest BCUT2D eigenvalue weighted by Gasteiger charge is -2.06. The molecule has 6 heteroatoms. The van der Waals surface area contributed by atoms with Crippen molar-refractivity contribution >= 4 is 11.6 Å². The van der Waals surface area contributed by atoms with Crippen LogP contribution in [0.5, 0.6) is 11.8 Å². The first-order chi connectivity index (χ1) is 9.72. The van der Waals surface area contributed by atoms with Crippen molar-refractivity contribution in [1.82, 2.24) is 9.97 Å². The fourth-order valence-corrected chi connectivity index (χ4v) is 1.56. The first-order valence-electron chi connectivity index (χ1n) is 6.13. The summed E-state index contributed by atoms with van der Waals surface area (Å²) < 4.78 is 10.2. The molecule has 1 N–H and O–H groups in total. The van der Waals surface area contributed by atoms with E-state index in [9.17, 15) is 4.79 Å². The minimum absolute atomic E-state index is 0.234. The number of amides is 1. The molecular weight excluding hydrogens is 258 g/mol. The van der Waals surface area contributed by atoms with E-state index in [1.807, 2.05) is 6.92 Å². The van der Waals surface area contributed by atoms with Gasteiger partial charge < -0.3 is 14.8 Å². The number of hydrogen-bond donors (Lipinski definition) is 1. The van der Waals surface area contributed by atoms with Crippen LogP contribution in [0, 0.1) is 0 Å². The number of ether oxygens (including phenoxy) is 2. The summed E-state index contributed by atoms with van der Waals surface area (Å²) >= 11 is 0. The van der Waals surface area contributed by atoms with E-state index in [-0.39, 0.29) is 11.9 Å². The van der Waals surface area contributed by atoms with E-state index in [4.69, 9.17) is 9.47 Å². The number of aromatic nitrogens is 2. The number of carbonyl (C=O) groups is 1. The molecule has 0 aliphatic carbocycles. The van der Waals surface area contributed by atoms with Crippen molar-refractivity contribution in [3.8, 4) is 11.8 Å². The van der Waals surface area contributed by atoms with Gasteiger partial charge in [-0.15, -0.1) is 0 Å². The van der Waals surface area contributed by atoms with Gasteiger partial charge in [-0.05, 0) is 31.2 Å². The van der Waals surface area contributed by atoms with Gasteiger partial charge in [-0.25, -0.2) is 9.97 Å². The average Bonchev–Trinajstić information content (AvgIpc) is 2.49. The predicted molar refractivity (Wildman–Crippen MR) is 74.1 cm³/mol. The highest BCUT2D eigenvalue weighted by Crippen LogP contribution is 2.14. The van der Waals surface area contributed by atoms with E-state index in [0.29, 0.717) is 17.9 Å². The number of nitrogens with zero attached hydrogens (tertiary/aromatic N) is 2. The van der Waals surface area contributed by atoms with Gasteiger partial charge in [0.05, 0.1) is 31.8 Å². The van der Waals surface area contributed by atoms with E-state index in [1.165, 1.54) is 19.5 Å². The molecule has 2 rings (SSSR count). The largest absolute Gasteiger partial charge is 0.494 e. The highest BCUT2D eigenvalue weighted by Gasteiger charge is 2.07. The Balaban J connectivity index is 2.03. The van der Waals surface area contributed by atoms with Gasteiger partial charge in [0.1, 0.15) is 5.75 Å². The Labute approximate surface area is 116 Å². The Kier molecular flexibility index (Phi) is 4.49. The summed E-state index contributed by atoms with van der Waals surface area (Å²) in [5.41, 5.74) is 1.04. The molecular formula is C14H15N3O3. The molecule has 20 heavy (non-hydrogen) atoms. The van der Waals surface area contributed by atoms with Crippen molar-refractivity contribution in [3.05, 3.63) is 42.2 Å². The molecule has 1 heterocycles. The SMILES string of the molecule is CCOc1ccc(C(=O)Nc2cnc(OC)nc2)cc1. The third-order valence-electron chi connectivity index (χ3n) is 2.50. The minimum Gasteiger partial charge on any atom is -0.494 e. The van der Waals surface area contributed by atoms with Crippen LogP contribution < -0.4 is 14.8 Å². The van der Waals surface area contributed by atoms with Crippen molar-refractivity contribution in [2.75, 3.05) is 19.0 Å². The minimum atomic E-state index is -0.234. The molecule has 6 nitrogen and oxygen atoms in total. The highest BCUT2D eigenvalue weighted by atomic mass is 16.5. The first-order valence-corrected chi connectivity index (χ1v) is 6.13. The third-order valence-corrected chi connectivity index (χ3v) is 2.50. The first kappa shape index (κ1) is 13.8. The summed E-state index contributed by atoms with van der Waals surface area (Å²) in [6, 6.07) is 7.16. The van der Waals surface area contributed by atoms with Crippen LogP contribution in [0.15, 0.2) is 36.7 Å². The summed E-state index contributed by atoms with van der Waals surface area (Å²) in [5, 5.41) is 2.70. The number of benzene rings is 1. The summed E-state index contributed by atoms with van der Waals surface area (Å²) in [6.45, 7) is 2.50. The Bertz CT molecular complexity index is 567. The van der Waals surface area contributed by atoms with Crippen LogP contribution in [-0.2, 0) is 0 Å². The van der Waals surface area contributed by atoms with Crippen molar-refractivity contribution in [1.29, 1.82) is 0 Å². The van der Waals surface area contributed by atoms with E-state index in [2.05, 4.69) is 15.3 Å². The number of carbonyl (C=O) groups excluding carboxylic acids is 1. The molecule has 0 saturated heterocycles. The fourth-order valence-electron chi connectivity index (χ4n) is 1.56. The topological polar surface area (TPSA) is 73.3 Å². The van der Waals surface area contributed by atoms with Gasteiger partial charge in [0.25, 0.3) is 5.91 Å². The lowest BCUT2D eigenvalue weighted by molar-refractivity contribution is 0.102. The molecule has 0 atom stereocenters. The van der Waals surface area contributed by atoms with Crippen LogP contribution in [0.1, 0.15) is 17.3 Å². The molecule has 0 aliphatic heterocycles. The van der Waals surface area contributed by atoms with Crippen molar-refractivity contribution < 1.29 is 14.3 Å². The smallest absolute Gasteiger partial charge is 0.316 e.